The van der Waals surface area contributed by atoms with Gasteiger partial charge in [-0.2, -0.15) is 18.2 Å². The van der Waals surface area contributed by atoms with Crippen molar-refractivity contribution in [1.82, 2.24) is 9.97 Å². The van der Waals surface area contributed by atoms with Gasteiger partial charge in [0.05, 0.1) is 6.10 Å². The van der Waals surface area contributed by atoms with E-state index >= 15 is 0 Å². The number of benzene rings is 2. The van der Waals surface area contributed by atoms with Crippen molar-refractivity contribution in [3.05, 3.63) is 65.9 Å². The molecule has 1 aliphatic rings. The van der Waals surface area contributed by atoms with Crippen molar-refractivity contribution in [1.29, 1.82) is 0 Å². The summed E-state index contributed by atoms with van der Waals surface area (Å²) in [5.74, 6) is 0.552. The van der Waals surface area contributed by atoms with Crippen molar-refractivity contribution in [3.63, 3.8) is 0 Å². The van der Waals surface area contributed by atoms with E-state index in [0.717, 1.165) is 43.2 Å². The van der Waals surface area contributed by atoms with E-state index < -0.39 is 11.7 Å². The summed E-state index contributed by atoms with van der Waals surface area (Å²) in [5.41, 5.74) is 1.44. The number of hydrogen-bond acceptors (Lipinski definition) is 5. The second-order valence-electron chi connectivity index (χ2n) is 9.26. The molecule has 36 heavy (non-hydrogen) atoms. The van der Waals surface area contributed by atoms with Gasteiger partial charge in [-0.1, -0.05) is 38.3 Å². The van der Waals surface area contributed by atoms with Crippen LogP contribution in [0.1, 0.15) is 69.4 Å². The van der Waals surface area contributed by atoms with Crippen LogP contribution in [0.25, 0.3) is 0 Å². The number of ether oxygens (including phenoxy) is 1. The molecule has 2 N–H and O–H groups in total. The van der Waals surface area contributed by atoms with E-state index in [4.69, 9.17) is 4.74 Å². The number of alkyl halides is 3. The lowest BCUT2D eigenvalue weighted by atomic mass is 10.1. The minimum atomic E-state index is -4.58. The maximum Gasteiger partial charge on any atom is 0.421 e. The number of aryl methyl sites for hydroxylation is 1. The third kappa shape index (κ3) is 7.35. The second kappa shape index (κ2) is 12.1. The molecule has 8 heteroatoms. The fourth-order valence-corrected chi connectivity index (χ4v) is 4.34. The Hall–Kier alpha value is -3.29. The van der Waals surface area contributed by atoms with E-state index in [1.807, 2.05) is 24.3 Å². The Labute approximate surface area is 210 Å². The number of nitrogens with one attached hydrogen (secondary N) is 2. The van der Waals surface area contributed by atoms with Crippen LogP contribution in [0.3, 0.4) is 0 Å². The van der Waals surface area contributed by atoms with Crippen LogP contribution >= 0.6 is 0 Å². The summed E-state index contributed by atoms with van der Waals surface area (Å²) in [6, 6.07) is 14.7. The van der Waals surface area contributed by atoms with Crippen LogP contribution in [0, 0.1) is 0 Å². The molecule has 0 aliphatic heterocycles. The minimum absolute atomic E-state index is 0.0718. The first-order valence-corrected chi connectivity index (χ1v) is 12.7. The Morgan fingerprint density at radius 1 is 0.889 bits per heavy atom. The van der Waals surface area contributed by atoms with Crippen LogP contribution in [0.2, 0.25) is 0 Å². The zero-order chi connectivity index (χ0) is 25.4. The minimum Gasteiger partial charge on any atom is -0.490 e. The number of rotatable bonds is 11. The van der Waals surface area contributed by atoms with Crippen molar-refractivity contribution in [3.8, 4) is 5.75 Å². The van der Waals surface area contributed by atoms with E-state index in [0.29, 0.717) is 11.4 Å². The zero-order valence-corrected chi connectivity index (χ0v) is 20.6. The third-order valence-electron chi connectivity index (χ3n) is 6.35. The summed E-state index contributed by atoms with van der Waals surface area (Å²) in [7, 11) is 0. The lowest BCUT2D eigenvalue weighted by Gasteiger charge is -2.16. The summed E-state index contributed by atoms with van der Waals surface area (Å²) in [6.45, 7) is 2.17. The Bertz CT molecular complexity index is 1100. The maximum atomic E-state index is 13.6. The summed E-state index contributed by atoms with van der Waals surface area (Å²) >= 11 is 0. The molecule has 4 rings (SSSR count). The topological polar surface area (TPSA) is 59.1 Å². The van der Waals surface area contributed by atoms with Crippen LogP contribution in [-0.2, 0) is 12.6 Å². The highest BCUT2D eigenvalue weighted by Crippen LogP contribution is 2.35. The standard InChI is InChI=1S/C28H33F3N4O/c1-2-3-4-5-8-20-11-13-21(14-12-20)33-26-25(28(29,30)31)19-32-27(35-26)34-22-15-17-24(18-16-22)36-23-9-6-7-10-23/h11-19,23H,2-10H2,1H3,(H2,32,33,34,35). The summed E-state index contributed by atoms with van der Waals surface area (Å²) in [5, 5.41) is 5.81. The second-order valence-corrected chi connectivity index (χ2v) is 9.26. The van der Waals surface area contributed by atoms with Gasteiger partial charge in [0.2, 0.25) is 5.95 Å². The van der Waals surface area contributed by atoms with Gasteiger partial charge in [-0.15, -0.1) is 0 Å². The molecule has 1 fully saturated rings. The van der Waals surface area contributed by atoms with Gasteiger partial charge in [0.15, 0.2) is 0 Å². The Balaban J connectivity index is 1.44. The molecule has 0 amide bonds. The fourth-order valence-electron chi connectivity index (χ4n) is 4.34. The monoisotopic (exact) mass is 498 g/mol. The highest BCUT2D eigenvalue weighted by Gasteiger charge is 2.35. The van der Waals surface area contributed by atoms with Crippen LogP contribution in [0.15, 0.2) is 54.7 Å². The predicted molar refractivity (Wildman–Crippen MR) is 137 cm³/mol. The predicted octanol–water partition coefficient (Wildman–Crippen LogP) is 8.43. The van der Waals surface area contributed by atoms with Gasteiger partial charge in [-0.05, 0) is 80.5 Å². The normalized spacial score (nSPS) is 14.1. The molecule has 5 nitrogen and oxygen atoms in total. The van der Waals surface area contributed by atoms with Gasteiger partial charge in [0, 0.05) is 17.6 Å². The molecule has 0 spiro atoms. The number of halogens is 3. The fraction of sp³-hybridized carbons (Fsp3) is 0.429. The molecule has 0 radical (unpaired) electrons. The molecule has 2 aromatic carbocycles. The number of hydrogen-bond donors (Lipinski definition) is 2. The number of anilines is 4. The molecule has 1 saturated carbocycles. The highest BCUT2D eigenvalue weighted by molar-refractivity contribution is 5.63. The molecular formula is C28H33F3N4O. The van der Waals surface area contributed by atoms with Crippen LogP contribution in [0.5, 0.6) is 5.75 Å². The van der Waals surface area contributed by atoms with Crippen molar-refractivity contribution in [2.45, 2.75) is 77.0 Å². The summed E-state index contributed by atoms with van der Waals surface area (Å²) in [4.78, 5) is 8.04. The third-order valence-corrected chi connectivity index (χ3v) is 6.35. The highest BCUT2D eigenvalue weighted by atomic mass is 19.4. The summed E-state index contributed by atoms with van der Waals surface area (Å²) in [6.07, 6.45) is 6.62. The molecule has 3 aromatic rings. The van der Waals surface area contributed by atoms with Gasteiger partial charge in [-0.25, -0.2) is 4.98 Å². The molecule has 1 aromatic heterocycles. The lowest BCUT2D eigenvalue weighted by Crippen LogP contribution is -2.12. The molecule has 0 bridgehead atoms. The molecule has 0 unspecified atom stereocenters. The lowest BCUT2D eigenvalue weighted by molar-refractivity contribution is -0.137. The quantitative estimate of drug-likeness (QED) is 0.260. The van der Waals surface area contributed by atoms with Gasteiger partial charge in [0.25, 0.3) is 0 Å². The smallest absolute Gasteiger partial charge is 0.421 e. The molecule has 0 atom stereocenters. The Morgan fingerprint density at radius 2 is 1.56 bits per heavy atom. The first kappa shape index (κ1) is 25.8. The summed E-state index contributed by atoms with van der Waals surface area (Å²) < 4.78 is 46.9. The Kier molecular flexibility index (Phi) is 8.67. The molecule has 1 aliphatic carbocycles. The van der Waals surface area contributed by atoms with Crippen LogP contribution < -0.4 is 15.4 Å². The number of unbranched alkanes of at least 4 members (excludes halogenated alkanes) is 3. The number of aromatic nitrogens is 2. The number of nitrogens with zero attached hydrogens (tertiary/aromatic N) is 2. The van der Waals surface area contributed by atoms with Crippen molar-refractivity contribution in [2.75, 3.05) is 10.6 Å². The van der Waals surface area contributed by atoms with E-state index in [-0.39, 0.29) is 17.9 Å². The maximum absolute atomic E-state index is 13.6. The van der Waals surface area contributed by atoms with Crippen LogP contribution in [-0.4, -0.2) is 16.1 Å². The molecule has 192 valence electrons. The largest absolute Gasteiger partial charge is 0.490 e. The van der Waals surface area contributed by atoms with E-state index in [2.05, 4.69) is 27.5 Å². The van der Waals surface area contributed by atoms with E-state index in [9.17, 15) is 13.2 Å². The van der Waals surface area contributed by atoms with Crippen molar-refractivity contribution < 1.29 is 17.9 Å². The molecular weight excluding hydrogens is 465 g/mol. The zero-order valence-electron chi connectivity index (χ0n) is 20.6. The van der Waals surface area contributed by atoms with E-state index in [1.165, 1.54) is 32.1 Å². The van der Waals surface area contributed by atoms with Gasteiger partial charge >= 0.3 is 6.18 Å². The Morgan fingerprint density at radius 3 is 2.22 bits per heavy atom. The van der Waals surface area contributed by atoms with Gasteiger partial charge in [0.1, 0.15) is 17.1 Å². The van der Waals surface area contributed by atoms with Crippen molar-refractivity contribution >= 4 is 23.1 Å². The van der Waals surface area contributed by atoms with Gasteiger partial charge < -0.3 is 15.4 Å². The molecule has 1 heterocycles. The van der Waals surface area contributed by atoms with Gasteiger partial charge in [-0.3, -0.25) is 0 Å². The van der Waals surface area contributed by atoms with Crippen LogP contribution in [0.4, 0.5) is 36.3 Å². The first-order valence-electron chi connectivity index (χ1n) is 12.7. The van der Waals surface area contributed by atoms with Crippen molar-refractivity contribution in [2.24, 2.45) is 0 Å². The average Bonchev–Trinajstić information content (AvgIpc) is 3.37. The average molecular weight is 499 g/mol. The van der Waals surface area contributed by atoms with E-state index in [1.54, 1.807) is 24.3 Å². The first-order chi connectivity index (χ1) is 17.4. The molecule has 0 saturated heterocycles. The SMILES string of the molecule is CCCCCCc1ccc(Nc2nc(Nc3ccc(OC4CCCC4)cc3)ncc2C(F)(F)F)cc1.